The molecule has 0 saturated heterocycles. The van der Waals surface area contributed by atoms with Crippen molar-refractivity contribution < 1.29 is 26.9 Å². The van der Waals surface area contributed by atoms with Gasteiger partial charge in [0.2, 0.25) is 0 Å². The molecule has 0 fully saturated rings. The van der Waals surface area contributed by atoms with E-state index < -0.39 is 5.97 Å². The van der Waals surface area contributed by atoms with E-state index in [1.807, 2.05) is 6.07 Å². The van der Waals surface area contributed by atoms with Crippen LogP contribution in [0, 0.1) is 0 Å². The third kappa shape index (κ3) is 7.84. The summed E-state index contributed by atoms with van der Waals surface area (Å²) < 4.78 is 0. The number of carboxylic acids is 1. The first-order chi connectivity index (χ1) is 7.29. The van der Waals surface area contributed by atoms with Gasteiger partial charge in [0.05, 0.1) is 11.5 Å². The summed E-state index contributed by atoms with van der Waals surface area (Å²) in [6, 6.07) is 10.5. The van der Waals surface area contributed by atoms with Crippen molar-refractivity contribution in [1.29, 1.82) is 0 Å². The Hall–Kier alpha value is -0.400. The molecule has 1 aromatic carbocycles. The van der Waals surface area contributed by atoms with Gasteiger partial charge in [0, 0.05) is 15.0 Å². The van der Waals surface area contributed by atoms with Gasteiger partial charge in [-0.05, 0) is 31.4 Å². The van der Waals surface area contributed by atoms with Crippen LogP contribution in [-0.2, 0) is 4.79 Å². The Labute approximate surface area is 109 Å². The molecular weight excluding hydrogens is 287 g/mol. The van der Waals surface area contributed by atoms with E-state index in [0.717, 1.165) is 19.3 Å². The number of hydrogen-bond acceptors (Lipinski definition) is 1. The Balaban J connectivity index is 0.00000225. The molecule has 0 amide bonds. The van der Waals surface area contributed by atoms with Crippen molar-refractivity contribution in [2.45, 2.75) is 25.7 Å². The van der Waals surface area contributed by atoms with E-state index in [1.165, 1.54) is 11.5 Å². The summed E-state index contributed by atoms with van der Waals surface area (Å²) in [6.45, 7) is 0. The number of carbonyl (C=O) groups is 1. The molecule has 0 saturated carbocycles. The van der Waals surface area contributed by atoms with Crippen LogP contribution in [0.25, 0.3) is 0 Å². The van der Waals surface area contributed by atoms with Crippen molar-refractivity contribution in [2.24, 2.45) is 0 Å². The minimum atomic E-state index is -0.676. The van der Waals surface area contributed by atoms with Crippen LogP contribution in [0.4, 0.5) is 0 Å². The molecule has 90 valence electrons. The zero-order valence-electron chi connectivity index (χ0n) is 9.23. The van der Waals surface area contributed by atoms with E-state index in [0.29, 0.717) is 15.0 Å². The Morgan fingerprint density at radius 1 is 1.12 bits per heavy atom. The highest BCUT2D eigenvalue weighted by molar-refractivity contribution is 7.47. The molecule has 1 rings (SSSR count). The monoisotopic (exact) mass is 304 g/mol. The molecule has 1 unspecified atom stereocenters. The summed E-state index contributed by atoms with van der Waals surface area (Å²) in [5.74, 6) is -0.676. The van der Waals surface area contributed by atoms with Crippen LogP contribution in [0.2, 0.25) is 0 Å². The highest BCUT2D eigenvalue weighted by atomic mass is 79.9. The standard InChI is InChI=1S/C12H17O2P.BrH/c13-12(14)9-5-2-6-10-15-11-7-3-1-4-8-11;/h1,3-4,7-8,15H,2,5-6,9-10H2,(H,13,14);1H. The van der Waals surface area contributed by atoms with Gasteiger partial charge >= 0.3 is 5.97 Å². The van der Waals surface area contributed by atoms with E-state index in [9.17, 15) is 4.79 Å². The summed E-state index contributed by atoms with van der Waals surface area (Å²) in [4.78, 5) is 10.3. The Bertz CT molecular complexity index is 290. The quantitative estimate of drug-likeness (QED) is 0.538. The van der Waals surface area contributed by atoms with Gasteiger partial charge in [-0.25, -0.2) is 0 Å². The minimum absolute atomic E-state index is 0. The van der Waals surface area contributed by atoms with Crippen LogP contribution < -0.4 is 22.3 Å². The molecule has 0 aliphatic rings. The fourth-order valence-corrected chi connectivity index (χ4v) is 2.78. The van der Waals surface area contributed by atoms with E-state index in [-0.39, 0.29) is 17.0 Å². The van der Waals surface area contributed by atoms with E-state index in [2.05, 4.69) is 24.3 Å². The van der Waals surface area contributed by atoms with Crippen molar-refractivity contribution in [1.82, 2.24) is 0 Å². The number of rotatable bonds is 7. The summed E-state index contributed by atoms with van der Waals surface area (Å²) in [5.41, 5.74) is 0. The van der Waals surface area contributed by atoms with Crippen LogP contribution in [0.3, 0.4) is 0 Å². The average Bonchev–Trinajstić information content (AvgIpc) is 2.24. The van der Waals surface area contributed by atoms with Gasteiger partial charge in [0.1, 0.15) is 0 Å². The molecule has 2 nitrogen and oxygen atoms in total. The second-order valence-corrected chi connectivity index (χ2v) is 5.26. The fourth-order valence-electron chi connectivity index (χ4n) is 1.46. The number of benzene rings is 1. The first-order valence-corrected chi connectivity index (χ1v) is 6.78. The van der Waals surface area contributed by atoms with Gasteiger partial charge in [-0.1, -0.05) is 18.2 Å². The molecule has 0 aliphatic heterocycles. The SMILES string of the molecule is O=C(O)CCCCC[PH2+]c1ccccc1.[Br-]. The highest BCUT2D eigenvalue weighted by Crippen LogP contribution is 2.13. The average molecular weight is 305 g/mol. The second-order valence-electron chi connectivity index (χ2n) is 3.61. The Morgan fingerprint density at radius 3 is 2.44 bits per heavy atom. The van der Waals surface area contributed by atoms with Crippen LogP contribution in [-0.4, -0.2) is 17.2 Å². The summed E-state index contributed by atoms with van der Waals surface area (Å²) in [5, 5.41) is 9.91. The van der Waals surface area contributed by atoms with Crippen molar-refractivity contribution in [3.05, 3.63) is 30.3 Å². The van der Waals surface area contributed by atoms with Crippen LogP contribution >= 0.6 is 8.58 Å². The minimum Gasteiger partial charge on any atom is -1.00 e. The molecule has 1 N–H and O–H groups in total. The van der Waals surface area contributed by atoms with Crippen molar-refractivity contribution in [3.8, 4) is 0 Å². The predicted molar refractivity (Wildman–Crippen MR) is 66.8 cm³/mol. The molecule has 0 spiro atoms. The lowest BCUT2D eigenvalue weighted by Crippen LogP contribution is -3.00. The molecule has 0 heterocycles. The third-order valence-electron chi connectivity index (χ3n) is 2.27. The molecule has 4 heteroatoms. The summed E-state index contributed by atoms with van der Waals surface area (Å²) in [7, 11) is 0.378. The maximum Gasteiger partial charge on any atom is 0.303 e. The zero-order chi connectivity index (χ0) is 10.9. The van der Waals surface area contributed by atoms with Gasteiger partial charge in [0.15, 0.2) is 0 Å². The van der Waals surface area contributed by atoms with Crippen molar-refractivity contribution >= 4 is 19.9 Å². The Morgan fingerprint density at radius 2 is 1.81 bits per heavy atom. The van der Waals surface area contributed by atoms with Crippen LogP contribution in [0.5, 0.6) is 0 Å². The van der Waals surface area contributed by atoms with Crippen LogP contribution in [0.15, 0.2) is 30.3 Å². The number of halogens is 1. The normalized spacial score (nSPS) is 10.2. The van der Waals surface area contributed by atoms with Gasteiger partial charge in [-0.2, -0.15) is 0 Å². The van der Waals surface area contributed by atoms with Gasteiger partial charge in [0.25, 0.3) is 0 Å². The highest BCUT2D eigenvalue weighted by Gasteiger charge is 2.00. The smallest absolute Gasteiger partial charge is 0.303 e. The van der Waals surface area contributed by atoms with Crippen LogP contribution in [0.1, 0.15) is 25.7 Å². The number of unbranched alkanes of at least 4 members (excludes halogenated alkanes) is 2. The van der Waals surface area contributed by atoms with E-state index in [4.69, 9.17) is 5.11 Å². The number of hydrogen-bond donors (Lipinski definition) is 1. The lowest BCUT2D eigenvalue weighted by molar-refractivity contribution is -0.137. The molecule has 0 radical (unpaired) electrons. The molecule has 0 aromatic heterocycles. The van der Waals surface area contributed by atoms with Gasteiger partial charge in [-0.15, -0.1) is 0 Å². The van der Waals surface area contributed by atoms with Crippen molar-refractivity contribution in [2.75, 3.05) is 6.16 Å². The topological polar surface area (TPSA) is 37.3 Å². The first kappa shape index (κ1) is 15.6. The first-order valence-electron chi connectivity index (χ1n) is 5.39. The number of carboxylic acid groups (broad SMARTS) is 1. The van der Waals surface area contributed by atoms with Crippen molar-refractivity contribution in [3.63, 3.8) is 0 Å². The van der Waals surface area contributed by atoms with E-state index in [1.54, 1.807) is 0 Å². The molecule has 16 heavy (non-hydrogen) atoms. The second kappa shape index (κ2) is 9.80. The maximum atomic E-state index is 10.3. The third-order valence-corrected chi connectivity index (χ3v) is 3.83. The summed E-state index contributed by atoms with van der Waals surface area (Å²) in [6.07, 6.45) is 4.59. The predicted octanol–water partition coefficient (Wildman–Crippen LogP) is -0.628. The lowest BCUT2D eigenvalue weighted by Gasteiger charge is -1.96. The van der Waals surface area contributed by atoms with Gasteiger partial charge < -0.3 is 22.1 Å². The maximum absolute atomic E-state index is 10.3. The molecule has 1 atom stereocenters. The fraction of sp³-hybridized carbons (Fsp3) is 0.417. The largest absolute Gasteiger partial charge is 1.00 e. The molecule has 1 aromatic rings. The summed E-state index contributed by atoms with van der Waals surface area (Å²) >= 11 is 0. The molecule has 0 aliphatic carbocycles. The molecular formula is C12H18BrO2P. The number of aliphatic carboxylic acids is 1. The zero-order valence-corrected chi connectivity index (χ0v) is 12.0. The molecule has 0 bridgehead atoms. The lowest BCUT2D eigenvalue weighted by atomic mass is 10.2. The van der Waals surface area contributed by atoms with Gasteiger partial charge in [-0.3, -0.25) is 4.79 Å². The Kier molecular flexibility index (Phi) is 9.55. The van der Waals surface area contributed by atoms with E-state index >= 15 is 0 Å².